The highest BCUT2D eigenvalue weighted by molar-refractivity contribution is 5.78. The van der Waals surface area contributed by atoms with Gasteiger partial charge in [0.1, 0.15) is 0 Å². The van der Waals surface area contributed by atoms with E-state index in [1.54, 1.807) is 0 Å². The average molecular weight is 184 g/mol. The molecule has 1 aliphatic heterocycles. The Balaban J connectivity index is 2.35. The van der Waals surface area contributed by atoms with Gasteiger partial charge in [-0.2, -0.15) is 0 Å². The summed E-state index contributed by atoms with van der Waals surface area (Å²) in [5, 5.41) is 0. The maximum atomic E-state index is 11.5. The second kappa shape index (κ2) is 5.22. The fourth-order valence-electron chi connectivity index (χ4n) is 1.62. The zero-order valence-corrected chi connectivity index (χ0v) is 8.75. The number of unbranched alkanes of at least 4 members (excludes halogenated alkanes) is 1. The van der Waals surface area contributed by atoms with Gasteiger partial charge in [-0.15, -0.1) is 0 Å². The first kappa shape index (κ1) is 10.5. The number of hydrogen-bond acceptors (Lipinski definition) is 2. The van der Waals surface area contributed by atoms with E-state index in [1.807, 2.05) is 11.9 Å². The van der Waals surface area contributed by atoms with Gasteiger partial charge in [0.2, 0.25) is 5.91 Å². The van der Waals surface area contributed by atoms with E-state index in [0.29, 0.717) is 6.54 Å². The first-order valence-electron chi connectivity index (χ1n) is 5.20. The molecule has 1 rings (SSSR count). The Bertz CT molecular complexity index is 168. The van der Waals surface area contributed by atoms with Crippen molar-refractivity contribution in [3.8, 4) is 0 Å². The highest BCUT2D eigenvalue weighted by atomic mass is 16.2. The third-order valence-corrected chi connectivity index (χ3v) is 2.58. The van der Waals surface area contributed by atoms with Gasteiger partial charge in [-0.25, -0.2) is 0 Å². The van der Waals surface area contributed by atoms with Crippen molar-refractivity contribution in [3.05, 3.63) is 0 Å². The predicted molar refractivity (Wildman–Crippen MR) is 53.6 cm³/mol. The topological polar surface area (TPSA) is 23.6 Å². The molecule has 1 fully saturated rings. The summed E-state index contributed by atoms with van der Waals surface area (Å²) < 4.78 is 0. The molecule has 1 aliphatic rings. The third kappa shape index (κ3) is 3.35. The summed E-state index contributed by atoms with van der Waals surface area (Å²) in [6, 6.07) is 0. The molecular formula is C10H20N2O. The van der Waals surface area contributed by atoms with Crippen LogP contribution in [0.1, 0.15) is 26.2 Å². The Labute approximate surface area is 80.7 Å². The zero-order valence-electron chi connectivity index (χ0n) is 8.75. The lowest BCUT2D eigenvalue weighted by atomic mass is 10.3. The fraction of sp³-hybridized carbons (Fsp3) is 0.900. The number of nitrogens with zero attached hydrogens (tertiary/aromatic N) is 2. The quantitative estimate of drug-likeness (QED) is 0.652. The Morgan fingerprint density at radius 1 is 1.38 bits per heavy atom. The Morgan fingerprint density at radius 2 is 2.15 bits per heavy atom. The minimum absolute atomic E-state index is 0.272. The molecule has 0 spiro atoms. The lowest BCUT2D eigenvalue weighted by molar-refractivity contribution is -0.129. The van der Waals surface area contributed by atoms with Gasteiger partial charge in [0.15, 0.2) is 0 Å². The summed E-state index contributed by atoms with van der Waals surface area (Å²) in [5.74, 6) is 0.272. The Morgan fingerprint density at radius 3 is 2.85 bits per heavy atom. The number of carbonyl (C=O) groups is 1. The van der Waals surface area contributed by atoms with Gasteiger partial charge in [0.25, 0.3) is 0 Å². The Hall–Kier alpha value is -0.570. The molecule has 13 heavy (non-hydrogen) atoms. The molecule has 3 heteroatoms. The second-order valence-electron chi connectivity index (χ2n) is 3.80. The van der Waals surface area contributed by atoms with Crippen LogP contribution >= 0.6 is 0 Å². The SMILES string of the molecule is CCCCN1CCCN(C)C(=O)C1. The van der Waals surface area contributed by atoms with Crippen molar-refractivity contribution in [1.29, 1.82) is 0 Å². The fourth-order valence-corrected chi connectivity index (χ4v) is 1.62. The van der Waals surface area contributed by atoms with Gasteiger partial charge >= 0.3 is 0 Å². The average Bonchev–Trinajstić information content (AvgIpc) is 2.26. The van der Waals surface area contributed by atoms with Crippen LogP contribution in [0.25, 0.3) is 0 Å². The van der Waals surface area contributed by atoms with Crippen LogP contribution in [0.4, 0.5) is 0 Å². The van der Waals surface area contributed by atoms with Crippen molar-refractivity contribution in [2.45, 2.75) is 26.2 Å². The number of hydrogen-bond donors (Lipinski definition) is 0. The first-order chi connectivity index (χ1) is 6.24. The van der Waals surface area contributed by atoms with Gasteiger partial charge in [0, 0.05) is 20.1 Å². The van der Waals surface area contributed by atoms with Crippen LogP contribution in [0.15, 0.2) is 0 Å². The van der Waals surface area contributed by atoms with E-state index in [4.69, 9.17) is 0 Å². The van der Waals surface area contributed by atoms with Crippen molar-refractivity contribution in [2.75, 3.05) is 33.2 Å². The van der Waals surface area contributed by atoms with Crippen molar-refractivity contribution >= 4 is 5.91 Å². The predicted octanol–water partition coefficient (Wildman–Crippen LogP) is 0.951. The smallest absolute Gasteiger partial charge is 0.236 e. The monoisotopic (exact) mass is 184 g/mol. The van der Waals surface area contributed by atoms with Crippen LogP contribution in [0, 0.1) is 0 Å². The molecule has 1 heterocycles. The molecular weight excluding hydrogens is 164 g/mol. The summed E-state index contributed by atoms with van der Waals surface area (Å²) in [5.41, 5.74) is 0. The van der Waals surface area contributed by atoms with Crippen molar-refractivity contribution < 1.29 is 4.79 Å². The van der Waals surface area contributed by atoms with Gasteiger partial charge in [-0.1, -0.05) is 13.3 Å². The van der Waals surface area contributed by atoms with Gasteiger partial charge in [0.05, 0.1) is 6.54 Å². The van der Waals surface area contributed by atoms with E-state index in [9.17, 15) is 4.79 Å². The summed E-state index contributed by atoms with van der Waals surface area (Å²) in [7, 11) is 1.89. The van der Waals surface area contributed by atoms with E-state index in [1.165, 1.54) is 12.8 Å². The van der Waals surface area contributed by atoms with Crippen molar-refractivity contribution in [3.63, 3.8) is 0 Å². The normalized spacial score (nSPS) is 20.5. The number of carbonyl (C=O) groups excluding carboxylic acids is 1. The second-order valence-corrected chi connectivity index (χ2v) is 3.80. The summed E-state index contributed by atoms with van der Waals surface area (Å²) in [4.78, 5) is 15.6. The van der Waals surface area contributed by atoms with Crippen LogP contribution < -0.4 is 0 Å². The first-order valence-corrected chi connectivity index (χ1v) is 5.20. The van der Waals surface area contributed by atoms with Crippen LogP contribution in [0.5, 0.6) is 0 Å². The Kier molecular flexibility index (Phi) is 4.22. The van der Waals surface area contributed by atoms with Gasteiger partial charge in [-0.05, 0) is 19.4 Å². The minimum Gasteiger partial charge on any atom is -0.345 e. The summed E-state index contributed by atoms with van der Waals surface area (Å²) in [6.45, 7) is 5.88. The molecule has 0 saturated carbocycles. The summed E-state index contributed by atoms with van der Waals surface area (Å²) in [6.07, 6.45) is 3.53. The number of amides is 1. The van der Waals surface area contributed by atoms with Gasteiger partial charge < -0.3 is 4.90 Å². The van der Waals surface area contributed by atoms with E-state index in [2.05, 4.69) is 11.8 Å². The largest absolute Gasteiger partial charge is 0.345 e. The molecule has 3 nitrogen and oxygen atoms in total. The lowest BCUT2D eigenvalue weighted by Crippen LogP contribution is -2.34. The lowest BCUT2D eigenvalue weighted by Gasteiger charge is -2.18. The molecule has 0 aromatic rings. The van der Waals surface area contributed by atoms with Crippen LogP contribution in [-0.4, -0.2) is 48.9 Å². The third-order valence-electron chi connectivity index (χ3n) is 2.58. The molecule has 0 bridgehead atoms. The highest BCUT2D eigenvalue weighted by Crippen LogP contribution is 2.03. The molecule has 0 radical (unpaired) electrons. The molecule has 1 saturated heterocycles. The summed E-state index contributed by atoms with van der Waals surface area (Å²) >= 11 is 0. The van der Waals surface area contributed by atoms with Crippen LogP contribution in [-0.2, 0) is 4.79 Å². The molecule has 76 valence electrons. The molecule has 0 atom stereocenters. The molecule has 0 unspecified atom stereocenters. The molecule has 0 aliphatic carbocycles. The maximum absolute atomic E-state index is 11.5. The minimum atomic E-state index is 0.272. The number of likely N-dealkylation sites (N-methyl/N-ethyl adjacent to an activating group) is 1. The van der Waals surface area contributed by atoms with E-state index in [-0.39, 0.29) is 5.91 Å². The van der Waals surface area contributed by atoms with Crippen molar-refractivity contribution in [2.24, 2.45) is 0 Å². The molecule has 1 amide bonds. The molecule has 0 aromatic heterocycles. The number of rotatable bonds is 3. The molecule has 0 N–H and O–H groups in total. The van der Waals surface area contributed by atoms with Crippen LogP contribution in [0.2, 0.25) is 0 Å². The highest BCUT2D eigenvalue weighted by Gasteiger charge is 2.17. The van der Waals surface area contributed by atoms with E-state index >= 15 is 0 Å². The van der Waals surface area contributed by atoms with Gasteiger partial charge in [-0.3, -0.25) is 9.69 Å². The van der Waals surface area contributed by atoms with Crippen molar-refractivity contribution in [1.82, 2.24) is 9.80 Å². The van der Waals surface area contributed by atoms with Crippen LogP contribution in [0.3, 0.4) is 0 Å². The van der Waals surface area contributed by atoms with E-state index < -0.39 is 0 Å². The zero-order chi connectivity index (χ0) is 9.68. The van der Waals surface area contributed by atoms with E-state index in [0.717, 1.165) is 26.1 Å². The maximum Gasteiger partial charge on any atom is 0.236 e. The molecule has 0 aromatic carbocycles. The standard InChI is InChI=1S/C10H20N2O/c1-3-4-7-12-8-5-6-11(2)10(13)9-12/h3-9H2,1-2H3.